The normalized spacial score (nSPS) is 42.0. The van der Waals surface area contributed by atoms with Crippen LogP contribution in [0.2, 0.25) is 0 Å². The lowest BCUT2D eigenvalue weighted by Crippen LogP contribution is -2.68. The highest BCUT2D eigenvalue weighted by Crippen LogP contribution is 2.76. The molecule has 7 rings (SSSR count). The topological polar surface area (TPSA) is 78.9 Å². The summed E-state index contributed by atoms with van der Waals surface area (Å²) in [6.45, 7) is 23.2. The molecule has 0 bridgehead atoms. The number of aromatic carboxylic acids is 1. The smallest absolute Gasteiger partial charge is 0.335 e. The molecule has 1 aromatic rings. The van der Waals surface area contributed by atoms with E-state index in [1.165, 1.54) is 48.8 Å². The Balaban J connectivity index is 1.18. The van der Waals surface area contributed by atoms with Crippen molar-refractivity contribution in [2.75, 3.05) is 32.8 Å². The summed E-state index contributed by atoms with van der Waals surface area (Å²) in [6.07, 6.45) is 13.0. The number of rotatable bonds is 6. The third-order valence-electron chi connectivity index (χ3n) is 15.9. The monoisotopic (exact) mass is 656 g/mol. The van der Waals surface area contributed by atoms with Crippen LogP contribution in [0.5, 0.6) is 0 Å². The minimum Gasteiger partial charge on any atom is -0.478 e. The van der Waals surface area contributed by atoms with Gasteiger partial charge in [-0.3, -0.25) is 9.69 Å². The largest absolute Gasteiger partial charge is 0.478 e. The van der Waals surface area contributed by atoms with Crippen LogP contribution >= 0.6 is 0 Å². The fraction of sp³-hybridized carbons (Fsp3) is 0.714. The molecule has 0 radical (unpaired) electrons. The Morgan fingerprint density at radius 1 is 0.917 bits per heavy atom. The van der Waals surface area contributed by atoms with E-state index < -0.39 is 5.97 Å². The zero-order valence-corrected chi connectivity index (χ0v) is 30.5. The molecule has 0 spiro atoms. The summed E-state index contributed by atoms with van der Waals surface area (Å²) in [5, 5.41) is 13.2. The SMILES string of the molecule is C=C(C)[C@@H]1CC[C@]2(NC(=O)CN3CCOCC3)CC[C@]3(C)[C@H](CCC4[C@@]5(C)CC=C(c6ccc(C(=O)O)cc6)C(C)(C)C5CC[C@]43C)C12. The predicted molar refractivity (Wildman–Crippen MR) is 191 cm³/mol. The Kier molecular flexibility index (Phi) is 8.38. The lowest BCUT2D eigenvalue weighted by Gasteiger charge is -2.72. The molecule has 48 heavy (non-hydrogen) atoms. The number of nitrogens with zero attached hydrogens (tertiary/aromatic N) is 1. The molecular weight excluding hydrogens is 596 g/mol. The molecule has 262 valence electrons. The van der Waals surface area contributed by atoms with E-state index in [0.29, 0.717) is 54.9 Å². The van der Waals surface area contributed by atoms with Crippen LogP contribution in [0.15, 0.2) is 42.5 Å². The summed E-state index contributed by atoms with van der Waals surface area (Å²) in [4.78, 5) is 27.5. The van der Waals surface area contributed by atoms with Gasteiger partial charge in [-0.1, -0.05) is 65.0 Å². The van der Waals surface area contributed by atoms with Gasteiger partial charge >= 0.3 is 5.97 Å². The molecule has 4 saturated carbocycles. The number of benzene rings is 1. The molecule has 1 aromatic carbocycles. The second-order valence-corrected chi connectivity index (χ2v) is 18.2. The van der Waals surface area contributed by atoms with Crippen LogP contribution in [0.3, 0.4) is 0 Å². The number of fused-ring (bicyclic) bond motifs is 7. The molecule has 1 aliphatic heterocycles. The van der Waals surface area contributed by atoms with Gasteiger partial charge in [0.15, 0.2) is 0 Å². The van der Waals surface area contributed by atoms with Crippen LogP contribution in [-0.2, 0) is 9.53 Å². The van der Waals surface area contributed by atoms with Crippen molar-refractivity contribution in [3.8, 4) is 0 Å². The molecule has 6 nitrogen and oxygen atoms in total. The zero-order valence-electron chi connectivity index (χ0n) is 30.5. The molecule has 3 unspecified atom stereocenters. The third kappa shape index (κ3) is 5.00. The maximum absolute atomic E-state index is 13.7. The fourth-order valence-electron chi connectivity index (χ4n) is 13.5. The number of hydrogen-bond acceptors (Lipinski definition) is 4. The standard InChI is InChI=1S/C42H60N2O4/c1-27(2)30-14-19-42(43-35(45)26-44-22-24-48-25-23-44)21-20-40(6)32(36(30)42)12-13-34-39(5)17-15-31(28-8-10-29(11-9-28)37(46)47)38(3,4)33(39)16-18-41(34,40)7/h8-11,15,30,32-34,36H,1,12-14,16-26H2,2-7H3,(H,43,45)(H,46,47)/t30-,32+,33?,34?,36?,39-,40+,41+,42-/m0/s1. The van der Waals surface area contributed by atoms with Crippen LogP contribution in [-0.4, -0.2) is 60.3 Å². The summed E-state index contributed by atoms with van der Waals surface area (Å²) in [5.74, 6) is 2.04. The number of carbonyl (C=O) groups is 2. The molecule has 6 aliphatic rings. The molecule has 2 N–H and O–H groups in total. The molecular formula is C42H60N2O4. The zero-order chi connectivity index (χ0) is 34.3. The van der Waals surface area contributed by atoms with E-state index >= 15 is 0 Å². The van der Waals surface area contributed by atoms with Crippen molar-refractivity contribution >= 4 is 17.4 Å². The number of morpholine rings is 1. The van der Waals surface area contributed by atoms with Crippen molar-refractivity contribution in [2.45, 2.75) is 105 Å². The summed E-state index contributed by atoms with van der Waals surface area (Å²) in [6, 6.07) is 7.56. The predicted octanol–water partition coefficient (Wildman–Crippen LogP) is 8.24. The number of carbonyl (C=O) groups excluding carboxylic acids is 1. The minimum atomic E-state index is -0.871. The molecule has 0 aromatic heterocycles. The first kappa shape index (κ1) is 34.0. The fourth-order valence-corrected chi connectivity index (χ4v) is 13.5. The summed E-state index contributed by atoms with van der Waals surface area (Å²) in [7, 11) is 0. The average molecular weight is 657 g/mol. The first-order valence-electron chi connectivity index (χ1n) is 19.0. The Morgan fingerprint density at radius 3 is 2.29 bits per heavy atom. The summed E-state index contributed by atoms with van der Waals surface area (Å²) in [5.41, 5.74) is 4.74. The number of carboxylic acids is 1. The van der Waals surface area contributed by atoms with Gasteiger partial charge in [0.25, 0.3) is 0 Å². The Bertz CT molecular complexity index is 1490. The van der Waals surface area contributed by atoms with Crippen molar-refractivity contribution in [2.24, 2.45) is 51.2 Å². The summed E-state index contributed by atoms with van der Waals surface area (Å²) < 4.78 is 5.55. The van der Waals surface area contributed by atoms with E-state index in [9.17, 15) is 14.7 Å². The molecule has 6 heteroatoms. The molecule has 5 aliphatic carbocycles. The lowest BCUT2D eigenvalue weighted by atomic mass is 9.33. The second-order valence-electron chi connectivity index (χ2n) is 18.2. The highest BCUT2D eigenvalue weighted by Gasteiger charge is 2.70. The minimum absolute atomic E-state index is 0.000193. The van der Waals surface area contributed by atoms with Gasteiger partial charge < -0.3 is 15.2 Å². The van der Waals surface area contributed by atoms with Crippen LogP contribution < -0.4 is 5.32 Å². The van der Waals surface area contributed by atoms with Gasteiger partial charge in [0.2, 0.25) is 5.91 Å². The molecule has 1 heterocycles. The second kappa shape index (κ2) is 11.8. The number of nitrogens with one attached hydrogen (secondary N) is 1. The molecule has 5 fully saturated rings. The van der Waals surface area contributed by atoms with E-state index in [0.717, 1.165) is 38.8 Å². The van der Waals surface area contributed by atoms with Crippen molar-refractivity contribution in [3.63, 3.8) is 0 Å². The quantitative estimate of drug-likeness (QED) is 0.302. The van der Waals surface area contributed by atoms with Gasteiger partial charge in [0.05, 0.1) is 25.3 Å². The first-order valence-corrected chi connectivity index (χ1v) is 19.0. The Labute approximate surface area is 289 Å². The van der Waals surface area contributed by atoms with Gasteiger partial charge in [0, 0.05) is 18.6 Å². The van der Waals surface area contributed by atoms with Gasteiger partial charge in [-0.05, 0) is 139 Å². The van der Waals surface area contributed by atoms with Crippen LogP contribution in [0.4, 0.5) is 0 Å². The van der Waals surface area contributed by atoms with Gasteiger partial charge in [0.1, 0.15) is 0 Å². The van der Waals surface area contributed by atoms with Crippen LogP contribution in [0, 0.1) is 51.2 Å². The highest BCUT2D eigenvalue weighted by atomic mass is 16.5. The Hall–Kier alpha value is -2.44. The number of ether oxygens (including phenoxy) is 1. The van der Waals surface area contributed by atoms with Crippen molar-refractivity contribution < 1.29 is 19.4 Å². The van der Waals surface area contributed by atoms with Crippen LogP contribution in [0.25, 0.3) is 5.57 Å². The van der Waals surface area contributed by atoms with Gasteiger partial charge in [-0.2, -0.15) is 0 Å². The van der Waals surface area contributed by atoms with Crippen molar-refractivity contribution in [1.29, 1.82) is 0 Å². The van der Waals surface area contributed by atoms with E-state index in [4.69, 9.17) is 4.74 Å². The number of allylic oxidation sites excluding steroid dienone is 3. The molecule has 1 amide bonds. The maximum atomic E-state index is 13.7. The van der Waals surface area contributed by atoms with E-state index in [2.05, 4.69) is 64.4 Å². The van der Waals surface area contributed by atoms with Crippen LogP contribution in [0.1, 0.15) is 115 Å². The van der Waals surface area contributed by atoms with E-state index in [1.54, 1.807) is 12.1 Å². The first-order chi connectivity index (χ1) is 22.7. The van der Waals surface area contributed by atoms with E-state index in [-0.39, 0.29) is 33.1 Å². The average Bonchev–Trinajstić information content (AvgIpc) is 3.41. The van der Waals surface area contributed by atoms with Crippen molar-refractivity contribution in [1.82, 2.24) is 10.2 Å². The number of amides is 1. The molecule has 1 saturated heterocycles. The lowest BCUT2D eigenvalue weighted by molar-refractivity contribution is -0.219. The molecule has 9 atom stereocenters. The maximum Gasteiger partial charge on any atom is 0.335 e. The third-order valence-corrected chi connectivity index (χ3v) is 15.9. The highest BCUT2D eigenvalue weighted by molar-refractivity contribution is 5.88. The van der Waals surface area contributed by atoms with Gasteiger partial charge in [-0.25, -0.2) is 4.79 Å². The number of hydrogen-bond donors (Lipinski definition) is 2. The number of carboxylic acid groups (broad SMARTS) is 1. The van der Waals surface area contributed by atoms with Gasteiger partial charge in [-0.15, -0.1) is 0 Å². The van der Waals surface area contributed by atoms with E-state index in [1.807, 2.05) is 12.1 Å². The summed E-state index contributed by atoms with van der Waals surface area (Å²) >= 11 is 0. The Morgan fingerprint density at radius 2 is 1.62 bits per heavy atom. The van der Waals surface area contributed by atoms with Crippen molar-refractivity contribution in [3.05, 3.63) is 53.6 Å².